The van der Waals surface area contributed by atoms with Crippen LogP contribution in [0.4, 0.5) is 0 Å². The van der Waals surface area contributed by atoms with Gasteiger partial charge < -0.3 is 11.1 Å². The lowest BCUT2D eigenvalue weighted by Gasteiger charge is -2.23. The van der Waals surface area contributed by atoms with E-state index in [4.69, 9.17) is 5.73 Å². The third kappa shape index (κ3) is 2.20. The van der Waals surface area contributed by atoms with Crippen LogP contribution in [0, 0.1) is 0 Å². The number of hydrogen-bond acceptors (Lipinski definition) is 2. The van der Waals surface area contributed by atoms with E-state index in [9.17, 15) is 0 Å². The molecule has 0 heterocycles. The number of nitrogens with two attached hydrogens (primary N) is 1. The van der Waals surface area contributed by atoms with Crippen molar-refractivity contribution < 1.29 is 0 Å². The van der Waals surface area contributed by atoms with Crippen molar-refractivity contribution in [3.05, 3.63) is 0 Å². The standard InChI is InChI=1S/C10H20N2/c11-10(5-1-2-6-10)7-8-12-9-3-4-9/h9,12H,1-8,11H2. The zero-order valence-corrected chi connectivity index (χ0v) is 7.81. The quantitative estimate of drug-likeness (QED) is 0.666. The smallest absolute Gasteiger partial charge is 0.0166 e. The lowest BCUT2D eigenvalue weighted by Crippen LogP contribution is -2.39. The SMILES string of the molecule is NC1(CCNC2CC2)CCCC1. The highest BCUT2D eigenvalue weighted by molar-refractivity contribution is 4.90. The molecule has 0 bridgehead atoms. The molecule has 2 saturated carbocycles. The van der Waals surface area contributed by atoms with Gasteiger partial charge in [-0.3, -0.25) is 0 Å². The van der Waals surface area contributed by atoms with Crippen molar-refractivity contribution >= 4 is 0 Å². The molecule has 0 aromatic carbocycles. The second-order valence-electron chi connectivity index (χ2n) is 4.55. The molecule has 0 aromatic heterocycles. The molecule has 0 aromatic rings. The zero-order valence-electron chi connectivity index (χ0n) is 7.81. The van der Waals surface area contributed by atoms with Gasteiger partial charge >= 0.3 is 0 Å². The maximum atomic E-state index is 6.23. The van der Waals surface area contributed by atoms with Crippen LogP contribution in [0.3, 0.4) is 0 Å². The normalized spacial score (nSPS) is 27.8. The van der Waals surface area contributed by atoms with Gasteiger partial charge in [-0.1, -0.05) is 12.8 Å². The summed E-state index contributed by atoms with van der Waals surface area (Å²) in [7, 11) is 0. The van der Waals surface area contributed by atoms with Crippen LogP contribution in [0.1, 0.15) is 44.9 Å². The van der Waals surface area contributed by atoms with E-state index in [-0.39, 0.29) is 5.54 Å². The molecule has 0 unspecified atom stereocenters. The van der Waals surface area contributed by atoms with E-state index >= 15 is 0 Å². The van der Waals surface area contributed by atoms with Crippen LogP contribution in [-0.2, 0) is 0 Å². The molecule has 0 amide bonds. The van der Waals surface area contributed by atoms with Crippen LogP contribution < -0.4 is 11.1 Å². The molecule has 2 fully saturated rings. The Morgan fingerprint density at radius 3 is 2.50 bits per heavy atom. The third-order valence-electron chi connectivity index (χ3n) is 3.23. The summed E-state index contributed by atoms with van der Waals surface area (Å²) in [6.45, 7) is 1.14. The minimum Gasteiger partial charge on any atom is -0.325 e. The molecule has 2 aliphatic carbocycles. The Kier molecular flexibility index (Phi) is 2.37. The molecule has 3 N–H and O–H groups in total. The van der Waals surface area contributed by atoms with E-state index in [1.807, 2.05) is 0 Å². The minimum atomic E-state index is 0.196. The van der Waals surface area contributed by atoms with Crippen LogP contribution >= 0.6 is 0 Å². The Bertz CT molecular complexity index is 146. The monoisotopic (exact) mass is 168 g/mol. The summed E-state index contributed by atoms with van der Waals surface area (Å²) in [5.74, 6) is 0. The predicted molar refractivity (Wildman–Crippen MR) is 51.0 cm³/mol. The lowest BCUT2D eigenvalue weighted by atomic mass is 9.95. The molecule has 0 radical (unpaired) electrons. The van der Waals surface area contributed by atoms with E-state index in [1.54, 1.807) is 0 Å². The van der Waals surface area contributed by atoms with Crippen LogP contribution in [0.15, 0.2) is 0 Å². The molecule has 2 rings (SSSR count). The van der Waals surface area contributed by atoms with Gasteiger partial charge in [-0.25, -0.2) is 0 Å². The fraction of sp³-hybridized carbons (Fsp3) is 1.00. The predicted octanol–water partition coefficient (Wildman–Crippen LogP) is 1.40. The molecule has 12 heavy (non-hydrogen) atoms. The molecule has 0 saturated heterocycles. The van der Waals surface area contributed by atoms with Gasteiger partial charge in [-0.05, 0) is 38.6 Å². The van der Waals surface area contributed by atoms with Crippen LogP contribution in [0.5, 0.6) is 0 Å². The van der Waals surface area contributed by atoms with Crippen LogP contribution in [0.25, 0.3) is 0 Å². The Hall–Kier alpha value is -0.0800. The molecule has 0 spiro atoms. The summed E-state index contributed by atoms with van der Waals surface area (Å²) in [6.07, 6.45) is 9.15. The average Bonchev–Trinajstić information content (AvgIpc) is 2.75. The highest BCUT2D eigenvalue weighted by Gasteiger charge is 2.29. The molecular weight excluding hydrogens is 148 g/mol. The van der Waals surface area contributed by atoms with Gasteiger partial charge in [0, 0.05) is 11.6 Å². The van der Waals surface area contributed by atoms with Gasteiger partial charge in [-0.15, -0.1) is 0 Å². The summed E-state index contributed by atoms with van der Waals surface area (Å²) in [4.78, 5) is 0. The molecule has 70 valence electrons. The van der Waals surface area contributed by atoms with E-state index in [1.165, 1.54) is 44.9 Å². The second-order valence-corrected chi connectivity index (χ2v) is 4.55. The summed E-state index contributed by atoms with van der Waals surface area (Å²) >= 11 is 0. The van der Waals surface area contributed by atoms with Gasteiger partial charge in [0.05, 0.1) is 0 Å². The summed E-state index contributed by atoms with van der Waals surface area (Å²) in [5.41, 5.74) is 6.42. The second kappa shape index (κ2) is 3.35. The Labute approximate surface area is 74.9 Å². The van der Waals surface area contributed by atoms with Gasteiger partial charge in [-0.2, -0.15) is 0 Å². The van der Waals surface area contributed by atoms with Crippen molar-refractivity contribution in [3.63, 3.8) is 0 Å². The Morgan fingerprint density at radius 2 is 1.92 bits per heavy atom. The molecule has 2 nitrogen and oxygen atoms in total. The van der Waals surface area contributed by atoms with Crippen LogP contribution in [0.2, 0.25) is 0 Å². The number of nitrogens with one attached hydrogen (secondary N) is 1. The number of rotatable bonds is 4. The highest BCUT2D eigenvalue weighted by Crippen LogP contribution is 2.30. The summed E-state index contributed by atoms with van der Waals surface area (Å²) in [5, 5.41) is 3.53. The van der Waals surface area contributed by atoms with Crippen LogP contribution in [-0.4, -0.2) is 18.1 Å². The van der Waals surface area contributed by atoms with Gasteiger partial charge in [0.15, 0.2) is 0 Å². The molecule has 0 atom stereocenters. The maximum Gasteiger partial charge on any atom is 0.0166 e. The van der Waals surface area contributed by atoms with Crippen molar-refractivity contribution in [2.45, 2.75) is 56.5 Å². The van der Waals surface area contributed by atoms with Crippen molar-refractivity contribution in [1.82, 2.24) is 5.32 Å². The fourth-order valence-electron chi connectivity index (χ4n) is 2.14. The highest BCUT2D eigenvalue weighted by atomic mass is 14.9. The van der Waals surface area contributed by atoms with E-state index in [0.717, 1.165) is 12.6 Å². The van der Waals surface area contributed by atoms with Gasteiger partial charge in [0.2, 0.25) is 0 Å². The van der Waals surface area contributed by atoms with E-state index in [0.29, 0.717) is 0 Å². The van der Waals surface area contributed by atoms with Gasteiger partial charge in [0.25, 0.3) is 0 Å². The third-order valence-corrected chi connectivity index (χ3v) is 3.23. The van der Waals surface area contributed by atoms with E-state index < -0.39 is 0 Å². The lowest BCUT2D eigenvalue weighted by molar-refractivity contribution is 0.393. The largest absolute Gasteiger partial charge is 0.325 e. The van der Waals surface area contributed by atoms with Crippen molar-refractivity contribution in [2.75, 3.05) is 6.54 Å². The molecule has 2 aliphatic rings. The molecule has 2 heteroatoms. The summed E-state index contributed by atoms with van der Waals surface area (Å²) in [6, 6.07) is 0.843. The average molecular weight is 168 g/mol. The maximum absolute atomic E-state index is 6.23. The van der Waals surface area contributed by atoms with Crippen molar-refractivity contribution in [3.8, 4) is 0 Å². The first-order valence-corrected chi connectivity index (χ1v) is 5.31. The summed E-state index contributed by atoms with van der Waals surface area (Å²) < 4.78 is 0. The van der Waals surface area contributed by atoms with E-state index in [2.05, 4.69) is 5.32 Å². The Morgan fingerprint density at radius 1 is 1.25 bits per heavy atom. The van der Waals surface area contributed by atoms with Crippen molar-refractivity contribution in [1.29, 1.82) is 0 Å². The topological polar surface area (TPSA) is 38.0 Å². The first kappa shape index (κ1) is 8.52. The molecular formula is C10H20N2. The Balaban J connectivity index is 1.63. The fourth-order valence-corrected chi connectivity index (χ4v) is 2.14. The first-order chi connectivity index (χ1) is 5.79. The zero-order chi connectivity index (χ0) is 8.44. The minimum absolute atomic E-state index is 0.196. The number of hydrogen-bond donors (Lipinski definition) is 2. The van der Waals surface area contributed by atoms with Crippen molar-refractivity contribution in [2.24, 2.45) is 5.73 Å². The molecule has 0 aliphatic heterocycles. The van der Waals surface area contributed by atoms with Gasteiger partial charge in [0.1, 0.15) is 0 Å². The first-order valence-electron chi connectivity index (χ1n) is 5.31.